The van der Waals surface area contributed by atoms with Gasteiger partial charge in [-0.15, -0.1) is 0 Å². The van der Waals surface area contributed by atoms with Crippen molar-refractivity contribution in [2.24, 2.45) is 0 Å². The molecule has 0 bridgehead atoms. The van der Waals surface area contributed by atoms with Crippen molar-refractivity contribution in [2.75, 3.05) is 23.4 Å². The number of ether oxygens (including phenoxy) is 1. The minimum absolute atomic E-state index is 0.0654. The second-order valence-electron chi connectivity index (χ2n) is 5.88. The molecule has 2 aromatic carbocycles. The third kappa shape index (κ3) is 4.15. The second kappa shape index (κ2) is 7.34. The van der Waals surface area contributed by atoms with Crippen LogP contribution in [0.1, 0.15) is 18.9 Å². The maximum Gasteiger partial charge on any atom is 0.224 e. The molecule has 130 valence electrons. The number of halogens is 1. The lowest BCUT2D eigenvalue weighted by Crippen LogP contribution is -2.36. The Balaban J connectivity index is 1.64. The molecular formula is C19H19FN2O3. The van der Waals surface area contributed by atoms with E-state index < -0.39 is 0 Å². The molecule has 0 radical (unpaired) electrons. The molecule has 0 fully saturated rings. The van der Waals surface area contributed by atoms with Crippen LogP contribution in [-0.4, -0.2) is 25.0 Å². The first-order valence-electron chi connectivity index (χ1n) is 8.12. The quantitative estimate of drug-likeness (QED) is 0.929. The molecule has 5 nitrogen and oxygen atoms in total. The van der Waals surface area contributed by atoms with Gasteiger partial charge in [-0.05, 0) is 42.3 Å². The monoisotopic (exact) mass is 342 g/mol. The van der Waals surface area contributed by atoms with Crippen molar-refractivity contribution in [3.8, 4) is 5.75 Å². The summed E-state index contributed by atoms with van der Waals surface area (Å²) in [5.74, 6) is 0.130. The Labute approximate surface area is 145 Å². The zero-order valence-electron chi connectivity index (χ0n) is 13.9. The first-order valence-corrected chi connectivity index (χ1v) is 8.12. The largest absolute Gasteiger partial charge is 0.490 e. The Morgan fingerprint density at radius 1 is 1.20 bits per heavy atom. The Hall–Kier alpha value is -2.89. The lowest BCUT2D eigenvalue weighted by Gasteiger charge is -2.29. The molecule has 0 aliphatic carbocycles. The predicted octanol–water partition coefficient (Wildman–Crippen LogP) is 3.14. The summed E-state index contributed by atoms with van der Waals surface area (Å²) in [6.07, 6.45) is 0.815. The first-order chi connectivity index (χ1) is 12.0. The molecule has 0 saturated carbocycles. The van der Waals surface area contributed by atoms with Crippen LogP contribution in [0.3, 0.4) is 0 Å². The van der Waals surface area contributed by atoms with Gasteiger partial charge in [0.2, 0.25) is 11.8 Å². The van der Waals surface area contributed by atoms with Crippen LogP contribution in [0.15, 0.2) is 42.5 Å². The van der Waals surface area contributed by atoms with Crippen molar-refractivity contribution in [3.05, 3.63) is 53.8 Å². The molecule has 1 aliphatic heterocycles. The van der Waals surface area contributed by atoms with E-state index in [0.717, 1.165) is 5.56 Å². The smallest absolute Gasteiger partial charge is 0.224 e. The van der Waals surface area contributed by atoms with Gasteiger partial charge in [-0.3, -0.25) is 9.59 Å². The SMILES string of the molecule is CC(=O)N1CCOc2ccc(NC(=O)CCc3ccc(F)cc3)cc21. The number of benzene rings is 2. The number of nitrogens with one attached hydrogen (secondary N) is 1. The summed E-state index contributed by atoms with van der Waals surface area (Å²) in [6, 6.07) is 11.3. The van der Waals surface area contributed by atoms with Gasteiger partial charge in [-0.25, -0.2) is 4.39 Å². The number of hydrogen-bond acceptors (Lipinski definition) is 3. The highest BCUT2D eigenvalue weighted by molar-refractivity contribution is 5.96. The van der Waals surface area contributed by atoms with Crippen molar-refractivity contribution in [1.82, 2.24) is 0 Å². The van der Waals surface area contributed by atoms with Crippen LogP contribution in [0, 0.1) is 5.82 Å². The number of carbonyl (C=O) groups is 2. The average molecular weight is 342 g/mol. The maximum atomic E-state index is 12.9. The minimum atomic E-state index is -0.292. The van der Waals surface area contributed by atoms with Gasteiger partial charge in [-0.1, -0.05) is 12.1 Å². The third-order valence-electron chi connectivity index (χ3n) is 4.04. The van der Waals surface area contributed by atoms with Crippen LogP contribution in [-0.2, 0) is 16.0 Å². The van der Waals surface area contributed by atoms with Crippen molar-refractivity contribution in [3.63, 3.8) is 0 Å². The summed E-state index contributed by atoms with van der Waals surface area (Å²) in [5.41, 5.74) is 2.17. The van der Waals surface area contributed by atoms with Gasteiger partial charge in [0.25, 0.3) is 0 Å². The number of anilines is 2. The number of amides is 2. The van der Waals surface area contributed by atoms with E-state index in [1.54, 1.807) is 35.2 Å². The van der Waals surface area contributed by atoms with Crippen LogP contribution in [0.5, 0.6) is 5.75 Å². The molecule has 6 heteroatoms. The maximum absolute atomic E-state index is 12.9. The van der Waals surface area contributed by atoms with Crippen LogP contribution in [0.2, 0.25) is 0 Å². The number of carbonyl (C=O) groups excluding carboxylic acids is 2. The number of nitrogens with zero attached hydrogens (tertiary/aromatic N) is 1. The van der Waals surface area contributed by atoms with Crippen molar-refractivity contribution < 1.29 is 18.7 Å². The van der Waals surface area contributed by atoms with E-state index in [1.807, 2.05) is 0 Å². The topological polar surface area (TPSA) is 58.6 Å². The first kappa shape index (κ1) is 17.0. The highest BCUT2D eigenvalue weighted by Crippen LogP contribution is 2.34. The van der Waals surface area contributed by atoms with Crippen LogP contribution in [0.25, 0.3) is 0 Å². The fourth-order valence-electron chi connectivity index (χ4n) is 2.75. The van der Waals surface area contributed by atoms with Gasteiger partial charge in [0.1, 0.15) is 18.2 Å². The summed E-state index contributed by atoms with van der Waals surface area (Å²) in [7, 11) is 0. The zero-order valence-corrected chi connectivity index (χ0v) is 13.9. The number of fused-ring (bicyclic) bond motifs is 1. The van der Waals surface area contributed by atoms with E-state index in [2.05, 4.69) is 5.32 Å². The zero-order chi connectivity index (χ0) is 17.8. The van der Waals surface area contributed by atoms with Crippen LogP contribution >= 0.6 is 0 Å². The molecule has 0 saturated heterocycles. The average Bonchev–Trinajstić information content (AvgIpc) is 2.60. The molecule has 1 N–H and O–H groups in total. The fourth-order valence-corrected chi connectivity index (χ4v) is 2.75. The lowest BCUT2D eigenvalue weighted by atomic mass is 10.1. The molecular weight excluding hydrogens is 323 g/mol. The second-order valence-corrected chi connectivity index (χ2v) is 5.88. The number of hydrogen-bond donors (Lipinski definition) is 1. The summed E-state index contributed by atoms with van der Waals surface area (Å²) in [4.78, 5) is 25.5. The molecule has 1 aliphatic rings. The molecule has 25 heavy (non-hydrogen) atoms. The predicted molar refractivity (Wildman–Crippen MR) is 93.3 cm³/mol. The van der Waals surface area contributed by atoms with Gasteiger partial charge in [0.05, 0.1) is 12.2 Å². The minimum Gasteiger partial charge on any atom is -0.490 e. The number of aryl methyl sites for hydroxylation is 1. The van der Waals surface area contributed by atoms with E-state index >= 15 is 0 Å². The van der Waals surface area contributed by atoms with Crippen molar-refractivity contribution in [2.45, 2.75) is 19.8 Å². The number of rotatable bonds is 4. The van der Waals surface area contributed by atoms with Crippen molar-refractivity contribution >= 4 is 23.2 Å². The summed E-state index contributed by atoms with van der Waals surface area (Å²) < 4.78 is 18.4. The highest BCUT2D eigenvalue weighted by atomic mass is 19.1. The van der Waals surface area contributed by atoms with Gasteiger partial charge < -0.3 is 15.0 Å². The van der Waals surface area contributed by atoms with E-state index in [-0.39, 0.29) is 24.1 Å². The fraction of sp³-hybridized carbons (Fsp3) is 0.263. The van der Waals surface area contributed by atoms with Crippen LogP contribution < -0.4 is 15.0 Å². The van der Waals surface area contributed by atoms with Crippen LogP contribution in [0.4, 0.5) is 15.8 Å². The summed E-state index contributed by atoms with van der Waals surface area (Å²) in [5, 5.41) is 2.83. The van der Waals surface area contributed by atoms with Gasteiger partial charge in [-0.2, -0.15) is 0 Å². The van der Waals surface area contributed by atoms with E-state index in [4.69, 9.17) is 4.74 Å². The standard InChI is InChI=1S/C19H19FN2O3/c1-13(23)22-10-11-25-18-8-7-16(12-17(18)22)21-19(24)9-4-14-2-5-15(20)6-3-14/h2-3,5-8,12H,4,9-11H2,1H3,(H,21,24). The Bertz CT molecular complexity index is 790. The van der Waals surface area contributed by atoms with Gasteiger partial charge >= 0.3 is 0 Å². The molecule has 1 heterocycles. The Kier molecular flexibility index (Phi) is 4.97. The molecule has 2 amide bonds. The Morgan fingerprint density at radius 2 is 1.96 bits per heavy atom. The van der Waals surface area contributed by atoms with E-state index in [1.165, 1.54) is 19.1 Å². The normalized spacial score (nSPS) is 13.0. The summed E-state index contributed by atoms with van der Waals surface area (Å²) >= 11 is 0. The van der Waals surface area contributed by atoms with E-state index in [0.29, 0.717) is 36.7 Å². The van der Waals surface area contributed by atoms with Crippen molar-refractivity contribution in [1.29, 1.82) is 0 Å². The lowest BCUT2D eigenvalue weighted by molar-refractivity contribution is -0.117. The molecule has 0 unspecified atom stereocenters. The Morgan fingerprint density at radius 3 is 2.68 bits per heavy atom. The molecule has 0 spiro atoms. The molecule has 0 aromatic heterocycles. The molecule has 0 atom stereocenters. The highest BCUT2D eigenvalue weighted by Gasteiger charge is 2.21. The van der Waals surface area contributed by atoms with E-state index in [9.17, 15) is 14.0 Å². The van der Waals surface area contributed by atoms with Gasteiger partial charge in [0.15, 0.2) is 0 Å². The summed E-state index contributed by atoms with van der Waals surface area (Å²) in [6.45, 7) is 2.45. The molecule has 2 aromatic rings. The van der Waals surface area contributed by atoms with Gasteiger partial charge in [0, 0.05) is 19.0 Å². The third-order valence-corrected chi connectivity index (χ3v) is 4.04. The molecule has 3 rings (SSSR count).